The number of thiol groups is 1. The molecule has 0 aromatic heterocycles. The highest BCUT2D eigenvalue weighted by Gasteiger charge is 1.92. The molecule has 0 spiro atoms. The summed E-state index contributed by atoms with van der Waals surface area (Å²) in [5.74, 6) is 0. The van der Waals surface area contributed by atoms with E-state index >= 15 is 0 Å². The summed E-state index contributed by atoms with van der Waals surface area (Å²) in [7, 11) is 0. The quantitative estimate of drug-likeness (QED) is 0.428. The Morgan fingerprint density at radius 2 is 2.08 bits per heavy atom. The van der Waals surface area contributed by atoms with Crippen molar-refractivity contribution in [2.24, 2.45) is 0 Å². The first kappa shape index (κ1) is 9.49. The van der Waals surface area contributed by atoms with Crippen LogP contribution in [0.2, 0.25) is 0 Å². The van der Waals surface area contributed by atoms with Crippen molar-refractivity contribution in [1.82, 2.24) is 0 Å². The van der Waals surface area contributed by atoms with E-state index in [4.69, 9.17) is 12.2 Å². The molecule has 0 atom stereocenters. The highest BCUT2D eigenvalue weighted by atomic mass is 32.1. The molecule has 0 unspecified atom stereocenters. The molecule has 0 saturated carbocycles. The van der Waals surface area contributed by atoms with E-state index in [1.54, 1.807) is 5.37 Å². The van der Waals surface area contributed by atoms with E-state index in [-0.39, 0.29) is 0 Å². The Balaban J connectivity index is 3.04. The Morgan fingerprint density at radius 3 is 2.67 bits per heavy atom. The zero-order valence-electron chi connectivity index (χ0n) is 6.82. The predicted octanol–water partition coefficient (Wildman–Crippen LogP) is 3.38. The monoisotopic (exact) mass is 194 g/mol. The Morgan fingerprint density at radius 1 is 1.42 bits per heavy atom. The van der Waals surface area contributed by atoms with Crippen molar-refractivity contribution in [2.45, 2.75) is 11.8 Å². The molecule has 62 valence electrons. The summed E-state index contributed by atoms with van der Waals surface area (Å²) in [4.78, 5) is 0.980. The van der Waals surface area contributed by atoms with Gasteiger partial charge in [0.25, 0.3) is 0 Å². The zero-order valence-corrected chi connectivity index (χ0v) is 8.53. The standard InChI is InChI=1S/C10H10S2/c1-8(7-11)6-9-4-2-3-5-10(9)12/h2-7,12H,1H3/b8-6+. The number of thiocarbonyl (C=S) groups is 1. The molecule has 0 fully saturated rings. The highest BCUT2D eigenvalue weighted by Crippen LogP contribution is 2.15. The molecule has 1 aromatic rings. The van der Waals surface area contributed by atoms with Crippen molar-refractivity contribution < 1.29 is 0 Å². The van der Waals surface area contributed by atoms with Crippen LogP contribution in [-0.2, 0) is 0 Å². The lowest BCUT2D eigenvalue weighted by atomic mass is 10.1. The van der Waals surface area contributed by atoms with Crippen LogP contribution in [-0.4, -0.2) is 5.37 Å². The van der Waals surface area contributed by atoms with Crippen molar-refractivity contribution in [3.05, 3.63) is 35.4 Å². The van der Waals surface area contributed by atoms with Crippen LogP contribution in [0.4, 0.5) is 0 Å². The first-order chi connectivity index (χ1) is 5.74. The third-order valence-electron chi connectivity index (χ3n) is 1.51. The summed E-state index contributed by atoms with van der Waals surface area (Å²) in [6.07, 6.45) is 2.02. The summed E-state index contributed by atoms with van der Waals surface area (Å²) < 4.78 is 0. The van der Waals surface area contributed by atoms with Crippen molar-refractivity contribution in [3.8, 4) is 0 Å². The molecule has 0 heterocycles. The zero-order chi connectivity index (χ0) is 8.97. The van der Waals surface area contributed by atoms with Crippen LogP contribution in [0.15, 0.2) is 34.7 Å². The number of rotatable bonds is 2. The van der Waals surface area contributed by atoms with Gasteiger partial charge in [-0.25, -0.2) is 0 Å². The molecule has 0 radical (unpaired) electrons. The minimum Gasteiger partial charge on any atom is -0.143 e. The van der Waals surface area contributed by atoms with E-state index in [2.05, 4.69) is 12.6 Å². The van der Waals surface area contributed by atoms with Gasteiger partial charge in [0.15, 0.2) is 0 Å². The summed E-state index contributed by atoms with van der Waals surface area (Å²) in [5, 5.41) is 1.67. The van der Waals surface area contributed by atoms with Gasteiger partial charge in [0.2, 0.25) is 0 Å². The number of hydrogen-bond donors (Lipinski definition) is 1. The number of benzene rings is 1. The predicted molar refractivity (Wildman–Crippen MR) is 61.0 cm³/mol. The normalized spacial score (nSPS) is 11.3. The Hall–Kier alpha value is -0.600. The van der Waals surface area contributed by atoms with Crippen molar-refractivity contribution in [3.63, 3.8) is 0 Å². The van der Waals surface area contributed by atoms with Crippen LogP contribution in [0.25, 0.3) is 6.08 Å². The average Bonchev–Trinajstić information content (AvgIpc) is 2.09. The van der Waals surface area contributed by atoms with E-state index in [9.17, 15) is 0 Å². The second-order valence-electron chi connectivity index (χ2n) is 2.57. The Bertz CT molecular complexity index is 313. The van der Waals surface area contributed by atoms with Crippen molar-refractivity contribution in [2.75, 3.05) is 0 Å². The Labute approximate surface area is 83.7 Å². The lowest BCUT2D eigenvalue weighted by Gasteiger charge is -1.98. The van der Waals surface area contributed by atoms with Gasteiger partial charge < -0.3 is 0 Å². The van der Waals surface area contributed by atoms with E-state index in [0.29, 0.717) is 0 Å². The molecule has 2 heteroatoms. The molecule has 0 amide bonds. The SMILES string of the molecule is C/C(C=S)=C\c1ccccc1S. The van der Waals surface area contributed by atoms with Gasteiger partial charge >= 0.3 is 0 Å². The number of hydrogen-bond acceptors (Lipinski definition) is 2. The van der Waals surface area contributed by atoms with Gasteiger partial charge in [-0.3, -0.25) is 0 Å². The molecule has 0 aliphatic rings. The fraction of sp³-hybridized carbons (Fsp3) is 0.100. The van der Waals surface area contributed by atoms with Crippen LogP contribution in [0.1, 0.15) is 12.5 Å². The van der Waals surface area contributed by atoms with Crippen LogP contribution in [0, 0.1) is 0 Å². The van der Waals surface area contributed by atoms with E-state index in [0.717, 1.165) is 16.0 Å². The molecule has 0 aliphatic carbocycles. The van der Waals surface area contributed by atoms with Crippen LogP contribution in [0.3, 0.4) is 0 Å². The minimum atomic E-state index is 0.980. The van der Waals surface area contributed by atoms with Gasteiger partial charge in [0.1, 0.15) is 0 Å². The maximum absolute atomic E-state index is 4.80. The van der Waals surface area contributed by atoms with Crippen molar-refractivity contribution >= 4 is 36.3 Å². The van der Waals surface area contributed by atoms with E-state index < -0.39 is 0 Å². The van der Waals surface area contributed by atoms with Crippen LogP contribution in [0.5, 0.6) is 0 Å². The second kappa shape index (κ2) is 4.43. The number of allylic oxidation sites excluding steroid dienone is 1. The largest absolute Gasteiger partial charge is 0.143 e. The van der Waals surface area contributed by atoms with E-state index in [1.807, 2.05) is 37.3 Å². The minimum absolute atomic E-state index is 0.980. The molecule has 0 saturated heterocycles. The van der Waals surface area contributed by atoms with Gasteiger partial charge in [-0.2, -0.15) is 0 Å². The molecular weight excluding hydrogens is 184 g/mol. The topological polar surface area (TPSA) is 0 Å². The molecular formula is C10H10S2. The summed E-state index contributed by atoms with van der Waals surface area (Å²) in [6.45, 7) is 1.98. The third-order valence-corrected chi connectivity index (χ3v) is 2.28. The average molecular weight is 194 g/mol. The first-order valence-electron chi connectivity index (χ1n) is 3.65. The van der Waals surface area contributed by atoms with Gasteiger partial charge in [0, 0.05) is 10.3 Å². The summed E-state index contributed by atoms with van der Waals surface area (Å²) in [5.41, 5.74) is 2.19. The van der Waals surface area contributed by atoms with Crippen LogP contribution < -0.4 is 0 Å². The second-order valence-corrected chi connectivity index (χ2v) is 3.28. The molecule has 12 heavy (non-hydrogen) atoms. The lowest BCUT2D eigenvalue weighted by molar-refractivity contribution is 1.43. The maximum atomic E-state index is 4.80. The summed E-state index contributed by atoms with van der Waals surface area (Å²) >= 11 is 9.12. The molecule has 0 N–H and O–H groups in total. The lowest BCUT2D eigenvalue weighted by Crippen LogP contribution is -1.78. The van der Waals surface area contributed by atoms with Gasteiger partial charge in [-0.05, 0) is 24.1 Å². The molecule has 1 aromatic carbocycles. The van der Waals surface area contributed by atoms with Crippen LogP contribution >= 0.6 is 24.8 Å². The first-order valence-corrected chi connectivity index (χ1v) is 4.57. The highest BCUT2D eigenvalue weighted by molar-refractivity contribution is 7.80. The molecule has 0 aliphatic heterocycles. The third kappa shape index (κ3) is 2.47. The molecule has 0 nitrogen and oxygen atoms in total. The van der Waals surface area contributed by atoms with Gasteiger partial charge in [-0.15, -0.1) is 12.6 Å². The fourth-order valence-electron chi connectivity index (χ4n) is 0.889. The smallest absolute Gasteiger partial charge is 0.0113 e. The van der Waals surface area contributed by atoms with E-state index in [1.165, 1.54) is 0 Å². The summed E-state index contributed by atoms with van der Waals surface area (Å²) in [6, 6.07) is 7.94. The van der Waals surface area contributed by atoms with Gasteiger partial charge in [0.05, 0.1) is 0 Å². The fourth-order valence-corrected chi connectivity index (χ4v) is 1.18. The Kier molecular flexibility index (Phi) is 3.50. The maximum Gasteiger partial charge on any atom is 0.0113 e. The molecule has 0 bridgehead atoms. The van der Waals surface area contributed by atoms with Crippen molar-refractivity contribution in [1.29, 1.82) is 0 Å². The molecule has 1 rings (SSSR count). The van der Waals surface area contributed by atoms with Gasteiger partial charge in [-0.1, -0.05) is 36.5 Å².